The number of nitrogens with zero attached hydrogens (tertiary/aromatic N) is 1. The van der Waals surface area contributed by atoms with Gasteiger partial charge in [0.2, 0.25) is 5.91 Å². The number of likely N-dealkylation sites (tertiary alicyclic amines) is 1. The molecule has 7 nitrogen and oxygen atoms in total. The van der Waals surface area contributed by atoms with Crippen LogP contribution in [0.1, 0.15) is 44.1 Å². The van der Waals surface area contributed by atoms with Gasteiger partial charge in [0.25, 0.3) is 0 Å². The zero-order valence-electron chi connectivity index (χ0n) is 17.5. The second kappa shape index (κ2) is 8.12. The first-order chi connectivity index (χ1) is 14.7. The number of nitrogens with one attached hydrogen (secondary N) is 1. The Morgan fingerprint density at radius 3 is 2.87 bits per heavy atom. The molecule has 0 radical (unpaired) electrons. The molecule has 1 spiro atoms. The summed E-state index contributed by atoms with van der Waals surface area (Å²) < 4.78 is 17.1. The van der Waals surface area contributed by atoms with Gasteiger partial charge in [-0.1, -0.05) is 0 Å². The van der Waals surface area contributed by atoms with Crippen LogP contribution in [0.5, 0.6) is 11.5 Å². The van der Waals surface area contributed by atoms with Crippen molar-refractivity contribution in [1.29, 1.82) is 0 Å². The predicted octanol–water partition coefficient (Wildman–Crippen LogP) is 2.90. The number of ether oxygens (including phenoxy) is 3. The van der Waals surface area contributed by atoms with Crippen molar-refractivity contribution >= 4 is 11.6 Å². The molecule has 2 atom stereocenters. The molecule has 1 aromatic carbocycles. The van der Waals surface area contributed by atoms with Crippen LogP contribution >= 0.6 is 0 Å². The van der Waals surface area contributed by atoms with Gasteiger partial charge in [-0.05, 0) is 56.4 Å². The van der Waals surface area contributed by atoms with Gasteiger partial charge < -0.3 is 19.1 Å². The molecular formula is C23H30N2O5. The van der Waals surface area contributed by atoms with Crippen LogP contribution in [0.2, 0.25) is 0 Å². The van der Waals surface area contributed by atoms with Crippen LogP contribution in [0.3, 0.4) is 0 Å². The summed E-state index contributed by atoms with van der Waals surface area (Å²) in [7, 11) is 1.67. The summed E-state index contributed by atoms with van der Waals surface area (Å²) in [5.41, 5.74) is 4.52. The summed E-state index contributed by atoms with van der Waals surface area (Å²) in [4.78, 5) is 20.7. The van der Waals surface area contributed by atoms with E-state index in [1.807, 2.05) is 23.1 Å². The maximum Gasteiger partial charge on any atom is 0.228 e. The lowest BCUT2D eigenvalue weighted by molar-refractivity contribution is -0.135. The van der Waals surface area contributed by atoms with E-state index < -0.39 is 5.60 Å². The third-order valence-corrected chi connectivity index (χ3v) is 6.70. The molecule has 2 unspecified atom stereocenters. The van der Waals surface area contributed by atoms with Crippen LogP contribution in [0.15, 0.2) is 24.3 Å². The lowest BCUT2D eigenvalue weighted by atomic mass is 10.0. The molecular weight excluding hydrogens is 384 g/mol. The number of methoxy groups -OCH3 is 1. The Morgan fingerprint density at radius 2 is 2.10 bits per heavy atom. The van der Waals surface area contributed by atoms with E-state index in [1.165, 1.54) is 12.8 Å². The summed E-state index contributed by atoms with van der Waals surface area (Å²) in [6.45, 7) is 2.50. The van der Waals surface area contributed by atoms with Gasteiger partial charge in [0, 0.05) is 25.1 Å². The van der Waals surface area contributed by atoms with Crippen LogP contribution in [0.25, 0.3) is 5.70 Å². The summed E-state index contributed by atoms with van der Waals surface area (Å²) >= 11 is 0. The molecule has 1 aromatic rings. The number of benzene rings is 1. The van der Waals surface area contributed by atoms with Gasteiger partial charge in [-0.15, -0.1) is 0 Å². The summed E-state index contributed by atoms with van der Waals surface area (Å²) in [6, 6.07) is 5.97. The summed E-state index contributed by atoms with van der Waals surface area (Å²) in [5, 5.41) is 0. The molecule has 2 saturated heterocycles. The molecule has 1 saturated carbocycles. The third kappa shape index (κ3) is 3.76. The maximum atomic E-state index is 12.7. The van der Waals surface area contributed by atoms with E-state index in [4.69, 9.17) is 19.0 Å². The minimum atomic E-state index is -0.475. The lowest BCUT2D eigenvalue weighted by Gasteiger charge is -2.22. The molecule has 30 heavy (non-hydrogen) atoms. The summed E-state index contributed by atoms with van der Waals surface area (Å²) in [6.07, 6.45) is 8.61. The molecule has 4 aliphatic rings. The molecule has 1 aliphatic carbocycles. The normalized spacial score (nSPS) is 28.8. The Kier molecular flexibility index (Phi) is 5.33. The number of hydrogen-bond donors (Lipinski definition) is 1. The van der Waals surface area contributed by atoms with Crippen LogP contribution < -0.4 is 15.0 Å². The third-order valence-electron chi connectivity index (χ3n) is 6.70. The largest absolute Gasteiger partial charge is 0.493 e. The Balaban J connectivity index is 1.31. The molecule has 0 aromatic heterocycles. The van der Waals surface area contributed by atoms with Crippen LogP contribution in [-0.4, -0.2) is 55.9 Å². The van der Waals surface area contributed by atoms with Crippen molar-refractivity contribution in [1.82, 2.24) is 10.4 Å². The number of rotatable bonds is 5. The predicted molar refractivity (Wildman–Crippen MR) is 111 cm³/mol. The van der Waals surface area contributed by atoms with Gasteiger partial charge in [0.1, 0.15) is 5.60 Å². The van der Waals surface area contributed by atoms with Gasteiger partial charge in [0.05, 0.1) is 38.0 Å². The second-order valence-electron chi connectivity index (χ2n) is 8.79. The number of hydroxylamine groups is 1. The fourth-order valence-corrected chi connectivity index (χ4v) is 4.93. The van der Waals surface area contributed by atoms with Crippen molar-refractivity contribution in [2.75, 3.05) is 33.4 Å². The van der Waals surface area contributed by atoms with Crippen LogP contribution in [-0.2, 0) is 14.4 Å². The second-order valence-corrected chi connectivity index (χ2v) is 8.79. The Bertz CT molecular complexity index is 829. The minimum Gasteiger partial charge on any atom is -0.493 e. The molecule has 3 fully saturated rings. The maximum absolute atomic E-state index is 12.7. The van der Waals surface area contributed by atoms with Gasteiger partial charge >= 0.3 is 0 Å². The number of carbonyl (C=O) groups is 1. The average molecular weight is 415 g/mol. The molecule has 162 valence electrons. The highest BCUT2D eigenvalue weighted by atomic mass is 16.7. The van der Waals surface area contributed by atoms with Crippen molar-refractivity contribution in [3.8, 4) is 11.5 Å². The Hall–Kier alpha value is -2.25. The van der Waals surface area contributed by atoms with Gasteiger partial charge in [-0.3, -0.25) is 15.1 Å². The molecule has 3 heterocycles. The highest BCUT2D eigenvalue weighted by Gasteiger charge is 2.45. The van der Waals surface area contributed by atoms with E-state index in [0.29, 0.717) is 26.3 Å². The van der Waals surface area contributed by atoms with Crippen molar-refractivity contribution in [2.45, 2.75) is 50.2 Å². The molecule has 1 amide bonds. The topological polar surface area (TPSA) is 69.3 Å². The Labute approximate surface area is 177 Å². The zero-order valence-corrected chi connectivity index (χ0v) is 17.5. The number of carbonyl (C=O) groups excluding carboxylic acids is 1. The average Bonchev–Trinajstić information content (AvgIpc) is 3.57. The molecule has 0 bridgehead atoms. The van der Waals surface area contributed by atoms with E-state index in [0.717, 1.165) is 48.4 Å². The standard InChI is InChI=1S/C23H30N2O5/c1-27-20-7-6-16(12-21(20)29-18-4-2-3-5-18)19-13-23(30-24-19)9-10-25(15-23)22(26)17-8-11-28-14-17/h6-7,12-13,17-18,24H,2-5,8-11,14-15H2,1H3. The first-order valence-corrected chi connectivity index (χ1v) is 11.0. The van der Waals surface area contributed by atoms with Gasteiger partial charge in [-0.2, -0.15) is 0 Å². The van der Waals surface area contributed by atoms with Crippen LogP contribution in [0, 0.1) is 5.92 Å². The number of amides is 1. The van der Waals surface area contributed by atoms with E-state index in [1.54, 1.807) is 7.11 Å². The SMILES string of the molecule is COc1ccc(C2=CC3(CCN(C(=O)C4CCOC4)C3)ON2)cc1OC1CCCC1. The molecule has 5 rings (SSSR count). The monoisotopic (exact) mass is 414 g/mol. The Morgan fingerprint density at radius 1 is 1.23 bits per heavy atom. The molecule has 3 aliphatic heterocycles. The van der Waals surface area contributed by atoms with Crippen LogP contribution in [0.4, 0.5) is 0 Å². The highest BCUT2D eigenvalue weighted by Crippen LogP contribution is 2.38. The van der Waals surface area contributed by atoms with E-state index in [9.17, 15) is 4.79 Å². The quantitative estimate of drug-likeness (QED) is 0.799. The smallest absolute Gasteiger partial charge is 0.228 e. The van der Waals surface area contributed by atoms with E-state index in [2.05, 4.69) is 11.6 Å². The van der Waals surface area contributed by atoms with E-state index in [-0.39, 0.29) is 17.9 Å². The van der Waals surface area contributed by atoms with Crippen molar-refractivity contribution < 1.29 is 23.8 Å². The van der Waals surface area contributed by atoms with Crippen molar-refractivity contribution in [3.63, 3.8) is 0 Å². The van der Waals surface area contributed by atoms with Crippen molar-refractivity contribution in [2.24, 2.45) is 5.92 Å². The molecule has 7 heteroatoms. The fourth-order valence-electron chi connectivity index (χ4n) is 4.93. The number of hydrogen-bond acceptors (Lipinski definition) is 6. The van der Waals surface area contributed by atoms with Gasteiger partial charge in [-0.25, -0.2) is 0 Å². The first-order valence-electron chi connectivity index (χ1n) is 11.0. The zero-order chi connectivity index (χ0) is 20.6. The lowest BCUT2D eigenvalue weighted by Crippen LogP contribution is -2.39. The minimum absolute atomic E-state index is 0.00477. The first kappa shape index (κ1) is 19.7. The molecule has 1 N–H and O–H groups in total. The summed E-state index contributed by atoms with van der Waals surface area (Å²) in [5.74, 6) is 1.70. The fraction of sp³-hybridized carbons (Fsp3) is 0.609. The van der Waals surface area contributed by atoms with Gasteiger partial charge in [0.15, 0.2) is 11.5 Å². The van der Waals surface area contributed by atoms with Crippen molar-refractivity contribution in [3.05, 3.63) is 29.8 Å². The highest BCUT2D eigenvalue weighted by molar-refractivity contribution is 5.80. The van der Waals surface area contributed by atoms with E-state index >= 15 is 0 Å².